The number of aryl methyl sites for hydroxylation is 1. The van der Waals surface area contributed by atoms with E-state index in [-0.39, 0.29) is 16.9 Å². The number of aromatic nitrogens is 2. The van der Waals surface area contributed by atoms with E-state index < -0.39 is 17.0 Å². The molecule has 0 unspecified atom stereocenters. The number of nitro groups is 1. The molecule has 0 spiro atoms. The Hall–Kier alpha value is -3.55. The van der Waals surface area contributed by atoms with Crippen LogP contribution in [0.15, 0.2) is 53.3 Å². The molecule has 2 aromatic carbocycles. The molecule has 3 rings (SSSR count). The summed E-state index contributed by atoms with van der Waals surface area (Å²) in [5.74, 6) is -0.689. The number of ether oxygens (including phenoxy) is 1. The largest absolute Gasteiger partial charge is 0.453 e. The third-order valence-corrected chi connectivity index (χ3v) is 4.62. The molecule has 1 atom stereocenters. The van der Waals surface area contributed by atoms with Gasteiger partial charge in [-0.15, -0.1) is 0 Å². The summed E-state index contributed by atoms with van der Waals surface area (Å²) in [6.07, 6.45) is 0.910. The van der Waals surface area contributed by atoms with Gasteiger partial charge >= 0.3 is 5.97 Å². The number of carbonyl (C=O) groups excluding carboxylic acids is 1. The predicted molar refractivity (Wildman–Crippen MR) is 108 cm³/mol. The standard InChI is InChI=1S/C21H21N3O5/c1-3-4-12-23-20(25)18-11-6-5-10-17(18)19(22-23)21(26)29-14(2)15-8-7-9-16(13-15)24(27)28/h5-11,13-14H,3-4,12H2,1-2H3/t14-/m0/s1. The summed E-state index contributed by atoms with van der Waals surface area (Å²) in [6, 6.07) is 12.7. The Morgan fingerprint density at radius 1 is 1.21 bits per heavy atom. The van der Waals surface area contributed by atoms with Gasteiger partial charge < -0.3 is 4.74 Å². The normalized spacial score (nSPS) is 11.9. The number of benzene rings is 2. The lowest BCUT2D eigenvalue weighted by Gasteiger charge is -2.15. The smallest absolute Gasteiger partial charge is 0.360 e. The van der Waals surface area contributed by atoms with Crippen molar-refractivity contribution in [3.8, 4) is 0 Å². The first-order valence-corrected chi connectivity index (χ1v) is 9.37. The predicted octanol–water partition coefficient (Wildman–Crippen LogP) is 4.02. The van der Waals surface area contributed by atoms with Crippen molar-refractivity contribution in [3.63, 3.8) is 0 Å². The van der Waals surface area contributed by atoms with Gasteiger partial charge in [-0.3, -0.25) is 14.9 Å². The molecule has 1 aromatic heterocycles. The summed E-state index contributed by atoms with van der Waals surface area (Å²) in [5.41, 5.74) is 0.212. The molecule has 0 aliphatic heterocycles. The minimum atomic E-state index is -0.723. The maximum Gasteiger partial charge on any atom is 0.360 e. The van der Waals surface area contributed by atoms with Crippen LogP contribution in [-0.4, -0.2) is 20.7 Å². The summed E-state index contributed by atoms with van der Waals surface area (Å²) < 4.78 is 6.82. The highest BCUT2D eigenvalue weighted by Gasteiger charge is 2.21. The Morgan fingerprint density at radius 3 is 2.62 bits per heavy atom. The zero-order valence-corrected chi connectivity index (χ0v) is 16.2. The Morgan fingerprint density at radius 2 is 1.93 bits per heavy atom. The Labute approximate surface area is 166 Å². The molecule has 150 valence electrons. The molecule has 0 saturated heterocycles. The summed E-state index contributed by atoms with van der Waals surface area (Å²) in [7, 11) is 0. The molecule has 0 amide bonds. The Bertz CT molecular complexity index is 1120. The van der Waals surface area contributed by atoms with Gasteiger partial charge in [0.1, 0.15) is 6.10 Å². The van der Waals surface area contributed by atoms with Gasteiger partial charge in [-0.05, 0) is 25.0 Å². The van der Waals surface area contributed by atoms with Crippen LogP contribution >= 0.6 is 0 Å². The quantitative estimate of drug-likeness (QED) is 0.340. The first kappa shape index (κ1) is 20.2. The molecule has 0 aliphatic carbocycles. The molecule has 0 N–H and O–H groups in total. The van der Waals surface area contributed by atoms with Crippen LogP contribution in [0.1, 0.15) is 48.8 Å². The molecule has 0 radical (unpaired) electrons. The lowest BCUT2D eigenvalue weighted by atomic mass is 10.1. The zero-order valence-electron chi connectivity index (χ0n) is 16.2. The fraction of sp³-hybridized carbons (Fsp3) is 0.286. The van der Waals surface area contributed by atoms with E-state index in [2.05, 4.69) is 5.10 Å². The van der Waals surface area contributed by atoms with E-state index in [0.717, 1.165) is 12.8 Å². The highest BCUT2D eigenvalue weighted by atomic mass is 16.6. The first-order valence-electron chi connectivity index (χ1n) is 9.37. The van der Waals surface area contributed by atoms with Crippen LogP contribution in [0, 0.1) is 10.1 Å². The van der Waals surface area contributed by atoms with Crippen molar-refractivity contribution < 1.29 is 14.5 Å². The van der Waals surface area contributed by atoms with Gasteiger partial charge in [-0.1, -0.05) is 43.7 Å². The number of non-ortho nitro benzene ring substituents is 1. The van der Waals surface area contributed by atoms with Gasteiger partial charge in [0.25, 0.3) is 11.2 Å². The third kappa shape index (κ3) is 4.31. The number of nitro benzene ring substituents is 1. The van der Waals surface area contributed by atoms with E-state index in [1.165, 1.54) is 22.9 Å². The number of hydrogen-bond donors (Lipinski definition) is 0. The summed E-state index contributed by atoms with van der Waals surface area (Å²) in [4.78, 5) is 36.0. The van der Waals surface area contributed by atoms with Crippen LogP contribution in [0.4, 0.5) is 5.69 Å². The van der Waals surface area contributed by atoms with Gasteiger partial charge in [-0.25, -0.2) is 9.48 Å². The topological polar surface area (TPSA) is 104 Å². The molecule has 0 saturated carbocycles. The van der Waals surface area contributed by atoms with Crippen molar-refractivity contribution in [1.82, 2.24) is 9.78 Å². The molecule has 0 fully saturated rings. The monoisotopic (exact) mass is 395 g/mol. The van der Waals surface area contributed by atoms with Crippen LogP contribution in [0.3, 0.4) is 0 Å². The van der Waals surface area contributed by atoms with Crippen molar-refractivity contribution in [2.75, 3.05) is 0 Å². The van der Waals surface area contributed by atoms with Crippen LogP contribution < -0.4 is 5.56 Å². The SMILES string of the molecule is CCCCn1nc(C(=O)O[C@@H](C)c2cccc([N+](=O)[O-])c2)c2ccccc2c1=O. The second-order valence-corrected chi connectivity index (χ2v) is 6.68. The van der Waals surface area contributed by atoms with Crippen LogP contribution in [0.2, 0.25) is 0 Å². The fourth-order valence-electron chi connectivity index (χ4n) is 3.02. The maximum atomic E-state index is 12.9. The van der Waals surface area contributed by atoms with E-state index in [1.807, 2.05) is 6.92 Å². The molecule has 3 aromatic rings. The number of rotatable bonds is 7. The number of nitrogens with zero attached hydrogens (tertiary/aromatic N) is 3. The number of carbonyl (C=O) groups is 1. The summed E-state index contributed by atoms with van der Waals surface area (Å²) in [6.45, 7) is 4.04. The Balaban J connectivity index is 1.96. The Kier molecular flexibility index (Phi) is 6.01. The van der Waals surface area contributed by atoms with E-state index in [0.29, 0.717) is 22.9 Å². The van der Waals surface area contributed by atoms with Gasteiger partial charge in [0.15, 0.2) is 5.69 Å². The van der Waals surface area contributed by atoms with E-state index >= 15 is 0 Å². The number of esters is 1. The summed E-state index contributed by atoms with van der Waals surface area (Å²) in [5, 5.41) is 16.0. The lowest BCUT2D eigenvalue weighted by molar-refractivity contribution is -0.385. The first-order chi connectivity index (χ1) is 13.9. The molecule has 1 heterocycles. The minimum Gasteiger partial charge on any atom is -0.453 e. The third-order valence-electron chi connectivity index (χ3n) is 4.62. The van der Waals surface area contributed by atoms with E-state index in [4.69, 9.17) is 4.74 Å². The van der Waals surface area contributed by atoms with Gasteiger partial charge in [0.05, 0.1) is 10.3 Å². The van der Waals surface area contributed by atoms with Gasteiger partial charge in [0.2, 0.25) is 0 Å². The van der Waals surface area contributed by atoms with E-state index in [9.17, 15) is 19.7 Å². The fourth-order valence-corrected chi connectivity index (χ4v) is 3.02. The van der Waals surface area contributed by atoms with Crippen molar-refractivity contribution in [3.05, 3.63) is 80.3 Å². The zero-order chi connectivity index (χ0) is 21.0. The molecular formula is C21H21N3O5. The number of hydrogen-bond acceptors (Lipinski definition) is 6. The van der Waals surface area contributed by atoms with Crippen molar-refractivity contribution in [2.24, 2.45) is 0 Å². The number of unbranched alkanes of at least 4 members (excludes halogenated alkanes) is 1. The minimum absolute atomic E-state index is 0.0496. The van der Waals surface area contributed by atoms with Crippen LogP contribution in [-0.2, 0) is 11.3 Å². The van der Waals surface area contributed by atoms with Gasteiger partial charge in [0, 0.05) is 24.1 Å². The van der Waals surface area contributed by atoms with Crippen molar-refractivity contribution >= 4 is 22.4 Å². The van der Waals surface area contributed by atoms with Crippen LogP contribution in [0.25, 0.3) is 10.8 Å². The molecule has 8 heteroatoms. The molecule has 0 bridgehead atoms. The van der Waals surface area contributed by atoms with E-state index in [1.54, 1.807) is 37.3 Å². The average Bonchev–Trinajstić information content (AvgIpc) is 2.73. The second kappa shape index (κ2) is 8.64. The highest BCUT2D eigenvalue weighted by molar-refractivity contribution is 6.02. The molecule has 29 heavy (non-hydrogen) atoms. The highest BCUT2D eigenvalue weighted by Crippen LogP contribution is 2.24. The molecule has 8 nitrogen and oxygen atoms in total. The van der Waals surface area contributed by atoms with Gasteiger partial charge in [-0.2, -0.15) is 5.10 Å². The maximum absolute atomic E-state index is 12.9. The average molecular weight is 395 g/mol. The number of fused-ring (bicyclic) bond motifs is 1. The van der Waals surface area contributed by atoms with Crippen molar-refractivity contribution in [1.29, 1.82) is 0 Å². The molecule has 0 aliphatic rings. The summed E-state index contributed by atoms with van der Waals surface area (Å²) >= 11 is 0. The second-order valence-electron chi connectivity index (χ2n) is 6.68. The molecular weight excluding hydrogens is 374 g/mol. The van der Waals surface area contributed by atoms with Crippen molar-refractivity contribution in [2.45, 2.75) is 39.3 Å². The lowest BCUT2D eigenvalue weighted by Crippen LogP contribution is -2.27. The van der Waals surface area contributed by atoms with Crippen LogP contribution in [0.5, 0.6) is 0 Å².